The summed E-state index contributed by atoms with van der Waals surface area (Å²) in [5, 5.41) is 6.18. The first-order valence-corrected chi connectivity index (χ1v) is 6.32. The third-order valence-electron chi connectivity index (χ3n) is 3.59. The molecule has 2 N–H and O–H groups in total. The highest BCUT2D eigenvalue weighted by atomic mass is 16.5. The lowest BCUT2D eigenvalue weighted by molar-refractivity contribution is -0.117. The molecule has 1 amide bonds. The molecule has 1 unspecified atom stereocenters. The number of rotatable bonds is 3. The van der Waals surface area contributed by atoms with Crippen LogP contribution < -0.4 is 15.4 Å². The Kier molecular flexibility index (Phi) is 3.87. The van der Waals surface area contributed by atoms with Crippen LogP contribution in [0.3, 0.4) is 0 Å². The fourth-order valence-electron chi connectivity index (χ4n) is 2.28. The van der Waals surface area contributed by atoms with E-state index < -0.39 is 0 Å². The van der Waals surface area contributed by atoms with Gasteiger partial charge in [0.25, 0.3) is 0 Å². The number of hydrogen-bond acceptors (Lipinski definition) is 3. The number of anilines is 1. The molecule has 0 aromatic heterocycles. The van der Waals surface area contributed by atoms with Gasteiger partial charge in [-0.05, 0) is 56.5 Å². The summed E-state index contributed by atoms with van der Waals surface area (Å²) in [5.41, 5.74) is 2.99. The van der Waals surface area contributed by atoms with Crippen LogP contribution in [0.15, 0.2) is 12.1 Å². The van der Waals surface area contributed by atoms with Gasteiger partial charge in [-0.15, -0.1) is 0 Å². The molecule has 0 aliphatic carbocycles. The van der Waals surface area contributed by atoms with E-state index in [9.17, 15) is 4.79 Å². The summed E-state index contributed by atoms with van der Waals surface area (Å²) in [5.74, 6) is 0.907. The van der Waals surface area contributed by atoms with Crippen LogP contribution in [0.5, 0.6) is 5.75 Å². The smallest absolute Gasteiger partial charge is 0.241 e. The predicted octanol–water partition coefficient (Wildman–Crippen LogP) is 2.00. The Morgan fingerprint density at radius 3 is 2.78 bits per heavy atom. The number of benzene rings is 1. The summed E-state index contributed by atoms with van der Waals surface area (Å²) >= 11 is 0. The Bertz CT molecular complexity index is 451. The van der Waals surface area contributed by atoms with Gasteiger partial charge in [-0.3, -0.25) is 4.79 Å². The Morgan fingerprint density at radius 1 is 1.39 bits per heavy atom. The van der Waals surface area contributed by atoms with Crippen LogP contribution in [0.2, 0.25) is 0 Å². The number of amides is 1. The number of carbonyl (C=O) groups is 1. The van der Waals surface area contributed by atoms with E-state index in [2.05, 4.69) is 10.6 Å². The second-order valence-corrected chi connectivity index (χ2v) is 4.70. The van der Waals surface area contributed by atoms with Gasteiger partial charge >= 0.3 is 0 Å². The second-order valence-electron chi connectivity index (χ2n) is 4.70. The van der Waals surface area contributed by atoms with E-state index in [0.717, 1.165) is 42.0 Å². The van der Waals surface area contributed by atoms with Gasteiger partial charge in [0.15, 0.2) is 0 Å². The van der Waals surface area contributed by atoms with E-state index in [1.165, 1.54) is 0 Å². The van der Waals surface area contributed by atoms with Crippen LogP contribution in [0.1, 0.15) is 24.0 Å². The molecule has 1 fully saturated rings. The lowest BCUT2D eigenvalue weighted by Gasteiger charge is -2.15. The van der Waals surface area contributed by atoms with Gasteiger partial charge in [0.2, 0.25) is 5.91 Å². The van der Waals surface area contributed by atoms with Crippen LogP contribution in [0, 0.1) is 13.8 Å². The van der Waals surface area contributed by atoms with Crippen molar-refractivity contribution in [2.45, 2.75) is 32.7 Å². The summed E-state index contributed by atoms with van der Waals surface area (Å²) in [6, 6.07) is 3.74. The molecular formula is C14H20N2O2. The summed E-state index contributed by atoms with van der Waals surface area (Å²) in [6.45, 7) is 4.92. The Morgan fingerprint density at radius 2 is 2.17 bits per heavy atom. The SMILES string of the molecule is COc1ccc(NC(=O)C2CCCN2)c(C)c1C. The Labute approximate surface area is 108 Å². The minimum atomic E-state index is -0.0493. The van der Waals surface area contributed by atoms with Crippen LogP contribution in [0.4, 0.5) is 5.69 Å². The highest BCUT2D eigenvalue weighted by molar-refractivity contribution is 5.95. The maximum atomic E-state index is 12.0. The molecule has 0 bridgehead atoms. The molecule has 1 saturated heterocycles. The summed E-state index contributed by atoms with van der Waals surface area (Å²) in [7, 11) is 1.66. The first-order chi connectivity index (χ1) is 8.63. The Balaban J connectivity index is 2.14. The van der Waals surface area contributed by atoms with Crippen molar-refractivity contribution < 1.29 is 9.53 Å². The largest absolute Gasteiger partial charge is 0.496 e. The van der Waals surface area contributed by atoms with Crippen molar-refractivity contribution in [3.8, 4) is 5.75 Å². The molecule has 18 heavy (non-hydrogen) atoms. The lowest BCUT2D eigenvalue weighted by atomic mass is 10.1. The van der Waals surface area contributed by atoms with Crippen molar-refractivity contribution in [1.29, 1.82) is 0 Å². The molecule has 1 aromatic rings. The zero-order valence-corrected chi connectivity index (χ0v) is 11.2. The molecule has 2 rings (SSSR count). The first kappa shape index (κ1) is 12.9. The third-order valence-corrected chi connectivity index (χ3v) is 3.59. The van der Waals surface area contributed by atoms with E-state index in [1.54, 1.807) is 7.11 Å². The zero-order valence-electron chi connectivity index (χ0n) is 11.2. The molecule has 0 radical (unpaired) electrons. The van der Waals surface area contributed by atoms with Gasteiger partial charge in [-0.1, -0.05) is 0 Å². The van der Waals surface area contributed by atoms with E-state index in [1.807, 2.05) is 26.0 Å². The van der Waals surface area contributed by atoms with Gasteiger partial charge in [-0.2, -0.15) is 0 Å². The number of hydrogen-bond donors (Lipinski definition) is 2. The number of carbonyl (C=O) groups excluding carboxylic acids is 1. The van der Waals surface area contributed by atoms with E-state index in [4.69, 9.17) is 4.74 Å². The van der Waals surface area contributed by atoms with Crippen LogP contribution in [-0.2, 0) is 4.79 Å². The van der Waals surface area contributed by atoms with Crippen molar-refractivity contribution in [3.63, 3.8) is 0 Å². The topological polar surface area (TPSA) is 50.4 Å². The van der Waals surface area contributed by atoms with Crippen LogP contribution in [0.25, 0.3) is 0 Å². The van der Waals surface area contributed by atoms with Gasteiger partial charge in [0.05, 0.1) is 13.2 Å². The van der Waals surface area contributed by atoms with Crippen LogP contribution >= 0.6 is 0 Å². The number of methoxy groups -OCH3 is 1. The fraction of sp³-hybridized carbons (Fsp3) is 0.500. The van der Waals surface area contributed by atoms with Crippen LogP contribution in [-0.4, -0.2) is 25.6 Å². The minimum absolute atomic E-state index is 0.0493. The monoisotopic (exact) mass is 248 g/mol. The molecule has 1 aromatic carbocycles. The molecule has 1 heterocycles. The van der Waals surface area contributed by atoms with Crippen molar-refractivity contribution >= 4 is 11.6 Å². The predicted molar refractivity (Wildman–Crippen MR) is 72.1 cm³/mol. The maximum Gasteiger partial charge on any atom is 0.241 e. The quantitative estimate of drug-likeness (QED) is 0.860. The zero-order chi connectivity index (χ0) is 13.1. The normalized spacial score (nSPS) is 18.7. The molecule has 1 atom stereocenters. The Hall–Kier alpha value is -1.55. The molecule has 1 aliphatic heterocycles. The number of ether oxygens (including phenoxy) is 1. The molecule has 4 heteroatoms. The fourth-order valence-corrected chi connectivity index (χ4v) is 2.28. The average Bonchev–Trinajstić information content (AvgIpc) is 2.89. The minimum Gasteiger partial charge on any atom is -0.496 e. The molecule has 0 spiro atoms. The lowest BCUT2D eigenvalue weighted by Crippen LogP contribution is -2.35. The maximum absolute atomic E-state index is 12.0. The molecule has 0 saturated carbocycles. The average molecular weight is 248 g/mol. The van der Waals surface area contributed by atoms with Gasteiger partial charge in [0.1, 0.15) is 5.75 Å². The van der Waals surface area contributed by atoms with Gasteiger partial charge in [0, 0.05) is 5.69 Å². The highest BCUT2D eigenvalue weighted by Crippen LogP contribution is 2.27. The summed E-state index contributed by atoms with van der Waals surface area (Å²) in [6.07, 6.45) is 1.98. The van der Waals surface area contributed by atoms with E-state index in [-0.39, 0.29) is 11.9 Å². The standard InChI is InChI=1S/C14H20N2O2/c1-9-10(2)13(18-3)7-6-11(9)16-14(17)12-5-4-8-15-12/h6-7,12,15H,4-5,8H2,1-3H3,(H,16,17). The van der Waals surface area contributed by atoms with Crippen molar-refractivity contribution in [2.75, 3.05) is 19.0 Å². The summed E-state index contributed by atoms with van der Waals surface area (Å²) in [4.78, 5) is 12.0. The van der Waals surface area contributed by atoms with Crippen molar-refractivity contribution in [1.82, 2.24) is 5.32 Å². The molecule has 98 valence electrons. The molecule has 1 aliphatic rings. The number of nitrogens with one attached hydrogen (secondary N) is 2. The summed E-state index contributed by atoms with van der Waals surface area (Å²) < 4.78 is 5.26. The van der Waals surface area contributed by atoms with Crippen molar-refractivity contribution in [2.24, 2.45) is 0 Å². The van der Waals surface area contributed by atoms with E-state index in [0.29, 0.717) is 0 Å². The van der Waals surface area contributed by atoms with Gasteiger partial charge < -0.3 is 15.4 Å². The van der Waals surface area contributed by atoms with E-state index >= 15 is 0 Å². The second kappa shape index (κ2) is 5.40. The van der Waals surface area contributed by atoms with Gasteiger partial charge in [-0.25, -0.2) is 0 Å². The first-order valence-electron chi connectivity index (χ1n) is 6.32. The highest BCUT2D eigenvalue weighted by Gasteiger charge is 2.22. The molecular weight excluding hydrogens is 228 g/mol. The third kappa shape index (κ3) is 2.48. The van der Waals surface area contributed by atoms with Crippen molar-refractivity contribution in [3.05, 3.63) is 23.3 Å². The molecule has 4 nitrogen and oxygen atoms in total.